The highest BCUT2D eigenvalue weighted by atomic mass is 16.5. The molecular weight excluding hydrogens is 262 g/mol. The van der Waals surface area contributed by atoms with Crippen molar-refractivity contribution in [2.75, 3.05) is 13.7 Å². The fourth-order valence-electron chi connectivity index (χ4n) is 3.09. The van der Waals surface area contributed by atoms with E-state index < -0.39 is 0 Å². The van der Waals surface area contributed by atoms with E-state index in [1.165, 1.54) is 30.4 Å². The van der Waals surface area contributed by atoms with Gasteiger partial charge in [0.25, 0.3) is 0 Å². The highest BCUT2D eigenvalue weighted by molar-refractivity contribution is 5.39. The summed E-state index contributed by atoms with van der Waals surface area (Å²) >= 11 is 0. The van der Waals surface area contributed by atoms with Crippen LogP contribution >= 0.6 is 0 Å². The van der Waals surface area contributed by atoms with E-state index >= 15 is 0 Å². The molecule has 0 bridgehead atoms. The molecule has 0 spiro atoms. The molecule has 0 saturated heterocycles. The SMILES string of the molecule is COc1ccc2c(c1)CCCC2NCCCn1ccnc1. The summed E-state index contributed by atoms with van der Waals surface area (Å²) in [6, 6.07) is 6.97. The first-order valence-corrected chi connectivity index (χ1v) is 7.73. The zero-order chi connectivity index (χ0) is 14.5. The number of imidazole rings is 1. The molecule has 1 aromatic heterocycles. The number of benzene rings is 1. The van der Waals surface area contributed by atoms with Crippen molar-refractivity contribution in [2.45, 2.75) is 38.3 Å². The average Bonchev–Trinajstić information content (AvgIpc) is 3.04. The number of nitrogens with one attached hydrogen (secondary N) is 1. The van der Waals surface area contributed by atoms with Gasteiger partial charge in [0.2, 0.25) is 0 Å². The number of ether oxygens (including phenoxy) is 1. The summed E-state index contributed by atoms with van der Waals surface area (Å²) in [6.45, 7) is 2.06. The van der Waals surface area contributed by atoms with E-state index in [1.807, 2.05) is 18.7 Å². The fraction of sp³-hybridized carbons (Fsp3) is 0.471. The molecule has 4 heteroatoms. The fourth-order valence-corrected chi connectivity index (χ4v) is 3.09. The van der Waals surface area contributed by atoms with Gasteiger partial charge in [-0.05, 0) is 55.5 Å². The van der Waals surface area contributed by atoms with Gasteiger partial charge in [0.15, 0.2) is 0 Å². The molecule has 2 aromatic rings. The lowest BCUT2D eigenvalue weighted by molar-refractivity contribution is 0.410. The van der Waals surface area contributed by atoms with Crippen LogP contribution in [0.3, 0.4) is 0 Å². The number of hydrogen-bond acceptors (Lipinski definition) is 3. The Labute approximate surface area is 126 Å². The van der Waals surface area contributed by atoms with Crippen LogP contribution < -0.4 is 10.1 Å². The summed E-state index contributed by atoms with van der Waals surface area (Å²) in [5.41, 5.74) is 2.89. The molecule has 0 radical (unpaired) electrons. The lowest BCUT2D eigenvalue weighted by atomic mass is 9.87. The summed E-state index contributed by atoms with van der Waals surface area (Å²) in [5, 5.41) is 3.70. The monoisotopic (exact) mass is 285 g/mol. The molecular formula is C17H23N3O. The molecule has 3 rings (SSSR count). The highest BCUT2D eigenvalue weighted by Gasteiger charge is 2.19. The first kappa shape index (κ1) is 14.1. The molecule has 0 amide bonds. The Hall–Kier alpha value is -1.81. The van der Waals surface area contributed by atoms with Gasteiger partial charge in [-0.15, -0.1) is 0 Å². The van der Waals surface area contributed by atoms with Gasteiger partial charge in [-0.3, -0.25) is 0 Å². The maximum atomic E-state index is 5.33. The van der Waals surface area contributed by atoms with Gasteiger partial charge in [0.1, 0.15) is 5.75 Å². The van der Waals surface area contributed by atoms with Crippen molar-refractivity contribution in [2.24, 2.45) is 0 Å². The van der Waals surface area contributed by atoms with Gasteiger partial charge in [-0.25, -0.2) is 4.98 Å². The quantitative estimate of drug-likeness (QED) is 0.829. The zero-order valence-corrected chi connectivity index (χ0v) is 12.6. The molecule has 1 atom stereocenters. The van der Waals surface area contributed by atoms with Crippen LogP contribution in [-0.2, 0) is 13.0 Å². The lowest BCUT2D eigenvalue weighted by Crippen LogP contribution is -2.26. The Morgan fingerprint density at radius 1 is 1.43 bits per heavy atom. The molecule has 21 heavy (non-hydrogen) atoms. The van der Waals surface area contributed by atoms with Gasteiger partial charge in [0, 0.05) is 25.0 Å². The molecule has 1 aromatic carbocycles. The van der Waals surface area contributed by atoms with Crippen LogP contribution in [-0.4, -0.2) is 23.2 Å². The summed E-state index contributed by atoms with van der Waals surface area (Å²) in [7, 11) is 1.73. The van der Waals surface area contributed by atoms with Gasteiger partial charge in [-0.1, -0.05) is 6.07 Å². The van der Waals surface area contributed by atoms with E-state index in [4.69, 9.17) is 4.74 Å². The Kier molecular flexibility index (Phi) is 4.55. The minimum atomic E-state index is 0.488. The minimum absolute atomic E-state index is 0.488. The smallest absolute Gasteiger partial charge is 0.119 e. The van der Waals surface area contributed by atoms with Crippen molar-refractivity contribution in [1.29, 1.82) is 0 Å². The molecule has 112 valence electrons. The molecule has 1 unspecified atom stereocenters. The van der Waals surface area contributed by atoms with E-state index in [0.29, 0.717) is 6.04 Å². The molecule has 1 heterocycles. The second-order valence-electron chi connectivity index (χ2n) is 5.62. The Morgan fingerprint density at radius 3 is 3.19 bits per heavy atom. The van der Waals surface area contributed by atoms with Crippen molar-refractivity contribution in [3.63, 3.8) is 0 Å². The van der Waals surface area contributed by atoms with E-state index in [2.05, 4.69) is 33.1 Å². The molecule has 4 nitrogen and oxygen atoms in total. The topological polar surface area (TPSA) is 39.1 Å². The third-order valence-electron chi connectivity index (χ3n) is 4.21. The highest BCUT2D eigenvalue weighted by Crippen LogP contribution is 2.32. The van der Waals surface area contributed by atoms with Gasteiger partial charge in [-0.2, -0.15) is 0 Å². The largest absolute Gasteiger partial charge is 0.497 e. The van der Waals surface area contributed by atoms with Crippen molar-refractivity contribution < 1.29 is 4.74 Å². The third kappa shape index (κ3) is 3.45. The van der Waals surface area contributed by atoms with Crippen molar-refractivity contribution >= 4 is 0 Å². The van der Waals surface area contributed by atoms with Crippen LogP contribution in [0.5, 0.6) is 5.75 Å². The number of methoxy groups -OCH3 is 1. The van der Waals surface area contributed by atoms with Crippen LogP contribution in [0.25, 0.3) is 0 Å². The summed E-state index contributed by atoms with van der Waals surface area (Å²) in [4.78, 5) is 4.07. The van der Waals surface area contributed by atoms with Crippen molar-refractivity contribution in [3.8, 4) is 5.75 Å². The Balaban J connectivity index is 1.55. The van der Waals surface area contributed by atoms with Crippen molar-refractivity contribution in [3.05, 3.63) is 48.0 Å². The van der Waals surface area contributed by atoms with Crippen LogP contribution in [0.15, 0.2) is 36.9 Å². The van der Waals surface area contributed by atoms with Crippen LogP contribution in [0.2, 0.25) is 0 Å². The Bertz CT molecular complexity index is 565. The van der Waals surface area contributed by atoms with Crippen molar-refractivity contribution in [1.82, 2.24) is 14.9 Å². The maximum absolute atomic E-state index is 5.33. The number of rotatable bonds is 6. The number of hydrogen-bond donors (Lipinski definition) is 1. The normalized spacial score (nSPS) is 17.5. The predicted octanol–water partition coefficient (Wildman–Crippen LogP) is 2.95. The first-order chi connectivity index (χ1) is 10.4. The van der Waals surface area contributed by atoms with Crippen LogP contribution in [0.1, 0.15) is 36.4 Å². The number of fused-ring (bicyclic) bond motifs is 1. The third-order valence-corrected chi connectivity index (χ3v) is 4.21. The van der Waals surface area contributed by atoms with Crippen LogP contribution in [0, 0.1) is 0 Å². The average molecular weight is 285 g/mol. The van der Waals surface area contributed by atoms with Gasteiger partial charge >= 0.3 is 0 Å². The standard InChI is InChI=1S/C17H23N3O/c1-21-15-6-7-16-14(12-15)4-2-5-17(16)19-8-3-10-20-11-9-18-13-20/h6-7,9,11-13,17,19H,2-5,8,10H2,1H3. The minimum Gasteiger partial charge on any atom is -0.497 e. The lowest BCUT2D eigenvalue weighted by Gasteiger charge is -2.27. The van der Waals surface area contributed by atoms with E-state index in [1.54, 1.807) is 7.11 Å². The second kappa shape index (κ2) is 6.76. The molecule has 1 aliphatic carbocycles. The van der Waals surface area contributed by atoms with E-state index in [9.17, 15) is 0 Å². The summed E-state index contributed by atoms with van der Waals surface area (Å²) < 4.78 is 7.45. The van der Waals surface area contributed by atoms with Gasteiger partial charge < -0.3 is 14.6 Å². The maximum Gasteiger partial charge on any atom is 0.119 e. The second-order valence-corrected chi connectivity index (χ2v) is 5.62. The van der Waals surface area contributed by atoms with Gasteiger partial charge in [0.05, 0.1) is 13.4 Å². The summed E-state index contributed by atoms with van der Waals surface area (Å²) in [6.07, 6.45) is 10.5. The summed E-state index contributed by atoms with van der Waals surface area (Å²) in [5.74, 6) is 0.967. The molecule has 1 aliphatic rings. The van der Waals surface area contributed by atoms with Crippen LogP contribution in [0.4, 0.5) is 0 Å². The number of aromatic nitrogens is 2. The zero-order valence-electron chi connectivity index (χ0n) is 12.6. The molecule has 0 saturated carbocycles. The molecule has 1 N–H and O–H groups in total. The van der Waals surface area contributed by atoms with E-state index in [0.717, 1.165) is 25.3 Å². The first-order valence-electron chi connectivity index (χ1n) is 7.73. The number of aryl methyl sites for hydroxylation is 2. The van der Waals surface area contributed by atoms with E-state index in [-0.39, 0.29) is 0 Å². The predicted molar refractivity (Wildman–Crippen MR) is 83.5 cm³/mol. The molecule has 0 aliphatic heterocycles. The Morgan fingerprint density at radius 2 is 2.38 bits per heavy atom. The molecule has 0 fully saturated rings. The number of nitrogens with zero attached hydrogens (tertiary/aromatic N) is 2.